The third-order valence-electron chi connectivity index (χ3n) is 3.73. The summed E-state index contributed by atoms with van der Waals surface area (Å²) in [5.41, 5.74) is 2.48. The van der Waals surface area contributed by atoms with Gasteiger partial charge in [-0.3, -0.25) is 14.8 Å². The Morgan fingerprint density at radius 1 is 1.23 bits per heavy atom. The third-order valence-corrected chi connectivity index (χ3v) is 3.73. The molecular formula is C17H15N7O2. The van der Waals surface area contributed by atoms with E-state index in [1.54, 1.807) is 42.3 Å². The lowest BCUT2D eigenvalue weighted by Crippen LogP contribution is -2.19. The lowest BCUT2D eigenvalue weighted by Gasteiger charge is -2.03. The average Bonchev–Trinajstić information content (AvgIpc) is 3.30. The molecule has 0 aliphatic rings. The van der Waals surface area contributed by atoms with Crippen molar-refractivity contribution in [3.05, 3.63) is 55.1 Å². The molecule has 4 rings (SSSR count). The Morgan fingerprint density at radius 2 is 2.12 bits per heavy atom. The van der Waals surface area contributed by atoms with Gasteiger partial charge in [-0.05, 0) is 24.3 Å². The zero-order valence-electron chi connectivity index (χ0n) is 13.9. The smallest absolute Gasteiger partial charge is 0.249 e. The predicted octanol–water partition coefficient (Wildman–Crippen LogP) is 1.64. The van der Waals surface area contributed by atoms with Gasteiger partial charge in [-0.1, -0.05) is 0 Å². The SMILES string of the molecule is COc1ccc(-c2ccc3nc(NC(=O)Cn4cccn4)nn3c2)cn1. The van der Waals surface area contributed by atoms with Gasteiger partial charge in [0.2, 0.25) is 17.7 Å². The van der Waals surface area contributed by atoms with E-state index in [4.69, 9.17) is 4.74 Å². The lowest BCUT2D eigenvalue weighted by molar-refractivity contribution is -0.116. The van der Waals surface area contributed by atoms with Crippen molar-refractivity contribution in [1.29, 1.82) is 0 Å². The molecule has 0 saturated carbocycles. The molecule has 1 amide bonds. The summed E-state index contributed by atoms with van der Waals surface area (Å²) >= 11 is 0. The number of nitrogens with zero attached hydrogens (tertiary/aromatic N) is 6. The molecule has 0 unspecified atom stereocenters. The largest absolute Gasteiger partial charge is 0.481 e. The number of ether oxygens (including phenoxy) is 1. The molecule has 0 aromatic carbocycles. The molecule has 4 aromatic rings. The number of aromatic nitrogens is 6. The first kappa shape index (κ1) is 15.8. The van der Waals surface area contributed by atoms with Gasteiger partial charge < -0.3 is 4.74 Å². The number of rotatable bonds is 5. The molecule has 4 aromatic heterocycles. The fourth-order valence-corrected chi connectivity index (χ4v) is 2.48. The number of amides is 1. The summed E-state index contributed by atoms with van der Waals surface area (Å²) in [7, 11) is 1.58. The van der Waals surface area contributed by atoms with Crippen LogP contribution in [0.3, 0.4) is 0 Å². The number of nitrogens with one attached hydrogen (secondary N) is 1. The maximum Gasteiger partial charge on any atom is 0.249 e. The van der Waals surface area contributed by atoms with Gasteiger partial charge in [-0.2, -0.15) is 10.1 Å². The van der Waals surface area contributed by atoms with E-state index in [0.717, 1.165) is 11.1 Å². The second-order valence-electron chi connectivity index (χ2n) is 5.50. The van der Waals surface area contributed by atoms with E-state index in [9.17, 15) is 4.79 Å². The monoisotopic (exact) mass is 349 g/mol. The summed E-state index contributed by atoms with van der Waals surface area (Å²) in [5, 5.41) is 11.0. The summed E-state index contributed by atoms with van der Waals surface area (Å²) in [5.74, 6) is 0.550. The van der Waals surface area contributed by atoms with Crippen LogP contribution >= 0.6 is 0 Å². The second-order valence-corrected chi connectivity index (χ2v) is 5.50. The first-order valence-corrected chi connectivity index (χ1v) is 7.85. The van der Waals surface area contributed by atoms with Crippen LogP contribution in [0.2, 0.25) is 0 Å². The Bertz CT molecular complexity index is 1040. The lowest BCUT2D eigenvalue weighted by atomic mass is 10.1. The zero-order valence-corrected chi connectivity index (χ0v) is 13.9. The van der Waals surface area contributed by atoms with Gasteiger partial charge in [0.15, 0.2) is 5.65 Å². The number of hydrogen-bond acceptors (Lipinski definition) is 6. The minimum atomic E-state index is -0.246. The van der Waals surface area contributed by atoms with Crippen LogP contribution in [0.1, 0.15) is 0 Å². The maximum absolute atomic E-state index is 12.0. The molecule has 0 radical (unpaired) electrons. The second kappa shape index (κ2) is 6.63. The van der Waals surface area contributed by atoms with E-state index in [2.05, 4.69) is 25.5 Å². The van der Waals surface area contributed by atoms with Crippen molar-refractivity contribution < 1.29 is 9.53 Å². The molecule has 130 valence electrons. The molecular weight excluding hydrogens is 334 g/mol. The van der Waals surface area contributed by atoms with Crippen molar-refractivity contribution in [2.45, 2.75) is 6.54 Å². The van der Waals surface area contributed by atoms with Crippen LogP contribution in [-0.4, -0.2) is 42.4 Å². The predicted molar refractivity (Wildman–Crippen MR) is 93.6 cm³/mol. The quantitative estimate of drug-likeness (QED) is 0.588. The van der Waals surface area contributed by atoms with E-state index >= 15 is 0 Å². The summed E-state index contributed by atoms with van der Waals surface area (Å²) in [6.45, 7) is 0.102. The van der Waals surface area contributed by atoms with Crippen LogP contribution in [0.25, 0.3) is 16.8 Å². The number of anilines is 1. The number of pyridine rings is 2. The fraction of sp³-hybridized carbons (Fsp3) is 0.118. The highest BCUT2D eigenvalue weighted by molar-refractivity contribution is 5.88. The number of carbonyl (C=O) groups excluding carboxylic acids is 1. The number of methoxy groups -OCH3 is 1. The number of carbonyl (C=O) groups is 1. The Hall–Kier alpha value is -3.75. The van der Waals surface area contributed by atoms with E-state index < -0.39 is 0 Å². The molecule has 0 aliphatic heterocycles. The van der Waals surface area contributed by atoms with Crippen molar-refractivity contribution in [3.8, 4) is 17.0 Å². The third kappa shape index (κ3) is 3.22. The van der Waals surface area contributed by atoms with Gasteiger partial charge in [0.25, 0.3) is 0 Å². The summed E-state index contributed by atoms with van der Waals surface area (Å²) < 4.78 is 8.21. The molecule has 0 aliphatic carbocycles. The van der Waals surface area contributed by atoms with Gasteiger partial charge >= 0.3 is 0 Å². The highest BCUT2D eigenvalue weighted by Crippen LogP contribution is 2.21. The van der Waals surface area contributed by atoms with Crippen LogP contribution in [-0.2, 0) is 11.3 Å². The summed E-state index contributed by atoms with van der Waals surface area (Å²) in [6.07, 6.45) is 6.89. The maximum atomic E-state index is 12.0. The van der Waals surface area contributed by atoms with Crippen molar-refractivity contribution >= 4 is 17.5 Å². The Morgan fingerprint density at radius 3 is 2.85 bits per heavy atom. The Kier molecular flexibility index (Phi) is 4.02. The van der Waals surface area contributed by atoms with Crippen LogP contribution < -0.4 is 10.1 Å². The van der Waals surface area contributed by atoms with Gasteiger partial charge in [-0.15, -0.1) is 5.10 Å². The normalized spacial score (nSPS) is 10.8. The molecule has 26 heavy (non-hydrogen) atoms. The minimum Gasteiger partial charge on any atom is -0.481 e. The van der Waals surface area contributed by atoms with Crippen LogP contribution in [0.5, 0.6) is 5.88 Å². The van der Waals surface area contributed by atoms with Crippen LogP contribution in [0, 0.1) is 0 Å². The summed E-state index contributed by atoms with van der Waals surface area (Å²) in [6, 6.07) is 9.21. The highest BCUT2D eigenvalue weighted by atomic mass is 16.5. The highest BCUT2D eigenvalue weighted by Gasteiger charge is 2.10. The van der Waals surface area contributed by atoms with Gasteiger partial charge in [0, 0.05) is 42.0 Å². The molecule has 9 heteroatoms. The van der Waals surface area contributed by atoms with Crippen molar-refractivity contribution in [2.24, 2.45) is 0 Å². The van der Waals surface area contributed by atoms with Crippen molar-refractivity contribution in [1.82, 2.24) is 29.4 Å². The molecule has 9 nitrogen and oxygen atoms in total. The van der Waals surface area contributed by atoms with Gasteiger partial charge in [0.05, 0.1) is 7.11 Å². The Balaban J connectivity index is 1.54. The number of fused-ring (bicyclic) bond motifs is 1. The minimum absolute atomic E-state index is 0.102. The van der Waals surface area contributed by atoms with E-state index in [1.165, 1.54) is 4.68 Å². The Labute approximate surface area is 148 Å². The first-order valence-electron chi connectivity index (χ1n) is 7.85. The molecule has 4 heterocycles. The fourth-order valence-electron chi connectivity index (χ4n) is 2.48. The molecule has 0 fully saturated rings. The zero-order chi connectivity index (χ0) is 17.9. The van der Waals surface area contributed by atoms with Gasteiger partial charge in [0.1, 0.15) is 6.54 Å². The molecule has 0 bridgehead atoms. The van der Waals surface area contributed by atoms with Gasteiger partial charge in [-0.25, -0.2) is 9.50 Å². The standard InChI is InChI=1S/C17H15N7O2/c1-26-16-6-4-12(9-18-16)13-3-5-14-20-17(22-24(14)10-13)21-15(25)11-23-8-2-7-19-23/h2-10H,11H2,1H3,(H,21,22,25). The molecule has 0 atom stereocenters. The van der Waals surface area contributed by atoms with Crippen LogP contribution in [0.15, 0.2) is 55.1 Å². The first-order chi connectivity index (χ1) is 12.7. The van der Waals surface area contributed by atoms with E-state index in [0.29, 0.717) is 11.5 Å². The van der Waals surface area contributed by atoms with E-state index in [1.807, 2.05) is 24.4 Å². The summed E-state index contributed by atoms with van der Waals surface area (Å²) in [4.78, 5) is 20.5. The van der Waals surface area contributed by atoms with Crippen molar-refractivity contribution in [3.63, 3.8) is 0 Å². The molecule has 1 N–H and O–H groups in total. The average molecular weight is 349 g/mol. The molecule has 0 saturated heterocycles. The van der Waals surface area contributed by atoms with E-state index in [-0.39, 0.29) is 18.4 Å². The molecule has 0 spiro atoms. The van der Waals surface area contributed by atoms with Crippen LogP contribution in [0.4, 0.5) is 5.95 Å². The topological polar surface area (TPSA) is 99.2 Å². The van der Waals surface area contributed by atoms with Crippen molar-refractivity contribution in [2.75, 3.05) is 12.4 Å². The number of hydrogen-bond donors (Lipinski definition) is 1.